The van der Waals surface area contributed by atoms with Gasteiger partial charge in [-0.05, 0) is 49.4 Å². The molecule has 0 saturated heterocycles. The monoisotopic (exact) mass is 280 g/mol. The number of hydrogen-bond acceptors (Lipinski definition) is 2. The number of unbranched alkanes of at least 4 members (excludes halogenated alkanes) is 2. The summed E-state index contributed by atoms with van der Waals surface area (Å²) in [6.45, 7) is 6.35. The molecule has 0 heterocycles. The zero-order valence-corrected chi connectivity index (χ0v) is 12.7. The highest BCUT2D eigenvalue weighted by Crippen LogP contribution is 2.29. The van der Waals surface area contributed by atoms with Crippen LogP contribution in [0.5, 0.6) is 0 Å². The Hall–Kier alpha value is -1.38. The number of halogens is 1. The number of benzene rings is 1. The molecule has 0 saturated carbocycles. The Labute approximate surface area is 121 Å². The van der Waals surface area contributed by atoms with E-state index in [-0.39, 0.29) is 17.7 Å². The van der Waals surface area contributed by atoms with Crippen LogP contribution in [0.25, 0.3) is 0 Å². The van der Waals surface area contributed by atoms with Crippen molar-refractivity contribution in [2.45, 2.75) is 58.8 Å². The molecular formula is C17H25FO2. The van der Waals surface area contributed by atoms with Gasteiger partial charge in [-0.1, -0.05) is 33.1 Å². The molecule has 1 aromatic carbocycles. The van der Waals surface area contributed by atoms with Crippen molar-refractivity contribution in [3.63, 3.8) is 0 Å². The van der Waals surface area contributed by atoms with Crippen LogP contribution in [0.3, 0.4) is 0 Å². The van der Waals surface area contributed by atoms with E-state index in [1.54, 1.807) is 13.0 Å². The summed E-state index contributed by atoms with van der Waals surface area (Å²) in [5.41, 5.74) is 1.30. The summed E-state index contributed by atoms with van der Waals surface area (Å²) < 4.78 is 18.6. The maximum atomic E-state index is 13.5. The summed E-state index contributed by atoms with van der Waals surface area (Å²) in [6, 6.07) is 4.37. The van der Waals surface area contributed by atoms with E-state index in [4.69, 9.17) is 4.74 Å². The lowest BCUT2D eigenvalue weighted by Crippen LogP contribution is -2.11. The predicted molar refractivity (Wildman–Crippen MR) is 79.5 cm³/mol. The van der Waals surface area contributed by atoms with Crippen LogP contribution in [0.1, 0.15) is 74.7 Å². The third-order valence-electron chi connectivity index (χ3n) is 3.60. The van der Waals surface area contributed by atoms with Crippen molar-refractivity contribution in [1.82, 2.24) is 0 Å². The molecule has 0 amide bonds. The molecule has 1 atom stereocenters. The summed E-state index contributed by atoms with van der Waals surface area (Å²) in [4.78, 5) is 12.0. The Morgan fingerprint density at radius 3 is 2.60 bits per heavy atom. The van der Waals surface area contributed by atoms with Crippen molar-refractivity contribution in [3.05, 3.63) is 35.1 Å². The van der Waals surface area contributed by atoms with E-state index in [1.807, 2.05) is 0 Å². The van der Waals surface area contributed by atoms with Gasteiger partial charge < -0.3 is 4.74 Å². The summed E-state index contributed by atoms with van der Waals surface area (Å²) in [5, 5.41) is 0. The van der Waals surface area contributed by atoms with E-state index in [9.17, 15) is 9.18 Å². The van der Waals surface area contributed by atoms with Gasteiger partial charge in [0.05, 0.1) is 12.2 Å². The highest BCUT2D eigenvalue weighted by Gasteiger charge is 2.19. The molecule has 112 valence electrons. The van der Waals surface area contributed by atoms with Crippen LogP contribution in [0.4, 0.5) is 4.39 Å². The minimum absolute atomic E-state index is 0.219. The molecule has 2 nitrogen and oxygen atoms in total. The Kier molecular flexibility index (Phi) is 7.27. The third kappa shape index (κ3) is 4.62. The molecule has 0 fully saturated rings. The summed E-state index contributed by atoms with van der Waals surface area (Å²) in [6.07, 6.45) is 5.32. The molecule has 0 aliphatic heterocycles. The Morgan fingerprint density at radius 2 is 2.00 bits per heavy atom. The van der Waals surface area contributed by atoms with Crippen LogP contribution in [0.15, 0.2) is 18.2 Å². The average molecular weight is 280 g/mol. The van der Waals surface area contributed by atoms with Crippen molar-refractivity contribution < 1.29 is 13.9 Å². The summed E-state index contributed by atoms with van der Waals surface area (Å²) in [5.74, 6) is -0.421. The van der Waals surface area contributed by atoms with E-state index < -0.39 is 0 Å². The third-order valence-corrected chi connectivity index (χ3v) is 3.60. The highest BCUT2D eigenvalue weighted by atomic mass is 19.1. The predicted octanol–water partition coefficient (Wildman–Crippen LogP) is 5.08. The van der Waals surface area contributed by atoms with Gasteiger partial charge in [0.2, 0.25) is 0 Å². The van der Waals surface area contributed by atoms with Gasteiger partial charge in [0.25, 0.3) is 0 Å². The topological polar surface area (TPSA) is 26.3 Å². The quantitative estimate of drug-likeness (QED) is 0.490. The van der Waals surface area contributed by atoms with Gasteiger partial charge in [-0.25, -0.2) is 9.18 Å². The van der Waals surface area contributed by atoms with Gasteiger partial charge in [-0.2, -0.15) is 0 Å². The SMILES string of the molecule is CCCCCC(CC)c1cc(F)ccc1C(=O)OCC. The lowest BCUT2D eigenvalue weighted by atomic mass is 9.87. The van der Waals surface area contributed by atoms with Gasteiger partial charge in [0.15, 0.2) is 0 Å². The summed E-state index contributed by atoms with van der Waals surface area (Å²) >= 11 is 0. The minimum atomic E-state index is -0.351. The molecule has 0 aliphatic carbocycles. The first-order valence-corrected chi connectivity index (χ1v) is 7.60. The zero-order chi connectivity index (χ0) is 15.0. The molecule has 1 rings (SSSR count). The molecule has 20 heavy (non-hydrogen) atoms. The first-order valence-electron chi connectivity index (χ1n) is 7.60. The smallest absolute Gasteiger partial charge is 0.338 e. The van der Waals surface area contributed by atoms with Crippen LogP contribution in [-0.2, 0) is 4.74 Å². The van der Waals surface area contributed by atoms with E-state index in [0.717, 1.165) is 31.2 Å². The fourth-order valence-corrected chi connectivity index (χ4v) is 2.49. The van der Waals surface area contributed by atoms with E-state index in [2.05, 4.69) is 13.8 Å². The van der Waals surface area contributed by atoms with Crippen molar-refractivity contribution >= 4 is 5.97 Å². The average Bonchev–Trinajstić information content (AvgIpc) is 2.44. The number of carbonyl (C=O) groups excluding carboxylic acids is 1. The van der Waals surface area contributed by atoms with Crippen molar-refractivity contribution in [1.29, 1.82) is 0 Å². The molecule has 1 aromatic rings. The maximum Gasteiger partial charge on any atom is 0.338 e. The van der Waals surface area contributed by atoms with Crippen molar-refractivity contribution in [2.75, 3.05) is 6.61 Å². The van der Waals surface area contributed by atoms with Gasteiger partial charge in [-0.3, -0.25) is 0 Å². The molecule has 0 spiro atoms. The number of ether oxygens (including phenoxy) is 1. The lowest BCUT2D eigenvalue weighted by Gasteiger charge is -2.18. The largest absolute Gasteiger partial charge is 0.462 e. The number of rotatable bonds is 8. The molecule has 0 aromatic heterocycles. The molecule has 0 N–H and O–H groups in total. The van der Waals surface area contributed by atoms with Gasteiger partial charge in [-0.15, -0.1) is 0 Å². The molecule has 0 bridgehead atoms. The second kappa shape index (κ2) is 8.72. The first-order chi connectivity index (χ1) is 9.63. The maximum absolute atomic E-state index is 13.5. The van der Waals surface area contributed by atoms with Crippen LogP contribution in [-0.4, -0.2) is 12.6 Å². The normalized spacial score (nSPS) is 12.2. The minimum Gasteiger partial charge on any atom is -0.462 e. The first kappa shape index (κ1) is 16.7. The summed E-state index contributed by atoms with van der Waals surface area (Å²) in [7, 11) is 0. The van der Waals surface area contributed by atoms with Gasteiger partial charge >= 0.3 is 5.97 Å². The molecule has 1 unspecified atom stereocenters. The van der Waals surface area contributed by atoms with E-state index in [1.165, 1.54) is 18.6 Å². The van der Waals surface area contributed by atoms with Crippen LogP contribution in [0.2, 0.25) is 0 Å². The highest BCUT2D eigenvalue weighted by molar-refractivity contribution is 5.91. The van der Waals surface area contributed by atoms with E-state index in [0.29, 0.717) is 12.2 Å². The Morgan fingerprint density at radius 1 is 1.25 bits per heavy atom. The van der Waals surface area contributed by atoms with Crippen molar-refractivity contribution in [2.24, 2.45) is 0 Å². The van der Waals surface area contributed by atoms with Crippen molar-refractivity contribution in [3.8, 4) is 0 Å². The van der Waals surface area contributed by atoms with Crippen LogP contribution >= 0.6 is 0 Å². The second-order valence-corrected chi connectivity index (χ2v) is 5.05. The standard InChI is InChI=1S/C17H25FO2/c1-4-7-8-9-13(5-2)16-12-14(18)10-11-15(16)17(19)20-6-3/h10-13H,4-9H2,1-3H3. The molecule has 3 heteroatoms. The Balaban J connectivity index is 2.99. The van der Waals surface area contributed by atoms with Crippen LogP contribution < -0.4 is 0 Å². The van der Waals surface area contributed by atoms with E-state index >= 15 is 0 Å². The fraction of sp³-hybridized carbons (Fsp3) is 0.588. The number of esters is 1. The Bertz CT molecular complexity index is 429. The number of hydrogen-bond donors (Lipinski definition) is 0. The van der Waals surface area contributed by atoms with Gasteiger partial charge in [0, 0.05) is 0 Å². The molecule has 0 radical (unpaired) electrons. The fourth-order valence-electron chi connectivity index (χ4n) is 2.49. The second-order valence-electron chi connectivity index (χ2n) is 5.05. The molecule has 0 aliphatic rings. The molecular weight excluding hydrogens is 255 g/mol. The zero-order valence-electron chi connectivity index (χ0n) is 12.7. The lowest BCUT2D eigenvalue weighted by molar-refractivity contribution is 0.0524. The van der Waals surface area contributed by atoms with Crippen LogP contribution in [0, 0.1) is 5.82 Å². The van der Waals surface area contributed by atoms with Gasteiger partial charge in [0.1, 0.15) is 5.82 Å². The number of carbonyl (C=O) groups is 1.